The molecular formula is C32H42FN3O3. The number of piperidine rings is 2. The third-order valence-corrected chi connectivity index (χ3v) is 8.99. The number of benzene rings is 2. The second-order valence-corrected chi connectivity index (χ2v) is 11.6. The van der Waals surface area contributed by atoms with Gasteiger partial charge < -0.3 is 15.0 Å². The van der Waals surface area contributed by atoms with Crippen molar-refractivity contribution in [3.05, 3.63) is 65.5 Å². The lowest BCUT2D eigenvalue weighted by Gasteiger charge is -2.42. The topological polar surface area (TPSA) is 61.9 Å². The fourth-order valence-corrected chi connectivity index (χ4v) is 6.51. The van der Waals surface area contributed by atoms with Crippen LogP contribution in [0.15, 0.2) is 48.5 Å². The maximum Gasteiger partial charge on any atom is 0.226 e. The summed E-state index contributed by atoms with van der Waals surface area (Å²) in [6, 6.07) is 14.9. The largest absolute Gasteiger partial charge is 0.491 e. The minimum absolute atomic E-state index is 0.0520. The number of likely N-dealkylation sites (tertiary alicyclic amines) is 2. The molecule has 6 nitrogen and oxygen atoms in total. The zero-order valence-electron chi connectivity index (χ0n) is 23.0. The Kier molecular flexibility index (Phi) is 9.17. The zero-order chi connectivity index (χ0) is 27.1. The lowest BCUT2D eigenvalue weighted by Crippen LogP contribution is -2.52. The van der Waals surface area contributed by atoms with Gasteiger partial charge in [0.25, 0.3) is 0 Å². The van der Waals surface area contributed by atoms with Crippen LogP contribution in [0, 0.1) is 17.2 Å². The van der Waals surface area contributed by atoms with Gasteiger partial charge in [0.15, 0.2) is 0 Å². The van der Waals surface area contributed by atoms with E-state index in [-0.39, 0.29) is 23.5 Å². The molecule has 5 rings (SSSR count). The fourth-order valence-electron chi connectivity index (χ4n) is 6.51. The molecule has 3 aliphatic rings. The standard InChI is InChI=1S/C32H42FN3O3/c33-28-11-9-25(10-12-28)24-35-19-13-27(14-20-35)30(37)36-21-16-32(17-22-36)15-5-1-2-6-26-7-3-4-8-29(26)39-23-18-34-31(32)38/h3-4,7-12,27H,1-2,5-6,13-24H2,(H,34,38). The van der Waals surface area contributed by atoms with Crippen LogP contribution in [0.3, 0.4) is 0 Å². The third-order valence-electron chi connectivity index (χ3n) is 8.99. The molecule has 3 heterocycles. The van der Waals surface area contributed by atoms with Crippen molar-refractivity contribution in [2.24, 2.45) is 11.3 Å². The molecule has 0 unspecified atom stereocenters. The number of carbonyl (C=O) groups is 2. The van der Waals surface area contributed by atoms with E-state index in [1.807, 2.05) is 29.2 Å². The molecule has 2 aromatic rings. The molecule has 39 heavy (non-hydrogen) atoms. The predicted molar refractivity (Wildman–Crippen MR) is 150 cm³/mol. The summed E-state index contributed by atoms with van der Waals surface area (Å²) in [5, 5.41) is 3.15. The molecule has 0 bridgehead atoms. The van der Waals surface area contributed by atoms with Crippen molar-refractivity contribution < 1.29 is 18.7 Å². The maximum atomic E-state index is 13.4. The number of para-hydroxylation sites is 1. The predicted octanol–water partition coefficient (Wildman–Crippen LogP) is 4.96. The number of hydrogen-bond acceptors (Lipinski definition) is 4. The first-order valence-corrected chi connectivity index (χ1v) is 14.8. The SMILES string of the molecule is O=C(C1CCN(Cc2ccc(F)cc2)CC1)N1CCC2(CCCCCc3ccccc3OCCNC2=O)CC1. The number of rotatable bonds is 3. The number of halogens is 1. The molecule has 1 spiro atoms. The monoisotopic (exact) mass is 535 g/mol. The zero-order valence-corrected chi connectivity index (χ0v) is 23.0. The van der Waals surface area contributed by atoms with Crippen molar-refractivity contribution in [2.75, 3.05) is 39.3 Å². The van der Waals surface area contributed by atoms with Crippen molar-refractivity contribution in [2.45, 2.75) is 64.3 Å². The summed E-state index contributed by atoms with van der Waals surface area (Å²) in [5.41, 5.74) is 1.95. The van der Waals surface area contributed by atoms with Gasteiger partial charge in [-0.1, -0.05) is 43.2 Å². The quantitative estimate of drug-likeness (QED) is 0.604. The minimum atomic E-state index is -0.393. The Morgan fingerprint density at radius 1 is 0.949 bits per heavy atom. The summed E-state index contributed by atoms with van der Waals surface area (Å²) in [7, 11) is 0. The first-order chi connectivity index (χ1) is 19.0. The highest BCUT2D eigenvalue weighted by atomic mass is 19.1. The molecule has 3 aliphatic heterocycles. The number of carbonyl (C=O) groups excluding carboxylic acids is 2. The van der Waals surface area contributed by atoms with Gasteiger partial charge >= 0.3 is 0 Å². The number of ether oxygens (including phenoxy) is 1. The van der Waals surface area contributed by atoms with Crippen molar-refractivity contribution in [1.82, 2.24) is 15.1 Å². The van der Waals surface area contributed by atoms with Crippen LogP contribution in [0.1, 0.15) is 62.5 Å². The van der Waals surface area contributed by atoms with Crippen molar-refractivity contribution >= 4 is 11.8 Å². The number of fused-ring (bicyclic) bond motifs is 1. The highest BCUT2D eigenvalue weighted by Gasteiger charge is 2.42. The Balaban J connectivity index is 1.12. The Bertz CT molecular complexity index is 1110. The van der Waals surface area contributed by atoms with Crippen LogP contribution >= 0.6 is 0 Å². The Hall–Kier alpha value is -2.93. The van der Waals surface area contributed by atoms with E-state index in [1.165, 1.54) is 17.7 Å². The molecule has 7 heteroatoms. The van der Waals surface area contributed by atoms with Gasteiger partial charge in [-0.2, -0.15) is 0 Å². The summed E-state index contributed by atoms with van der Waals surface area (Å²) in [4.78, 5) is 31.2. The molecule has 1 N–H and O–H groups in total. The van der Waals surface area contributed by atoms with E-state index in [2.05, 4.69) is 22.3 Å². The summed E-state index contributed by atoms with van der Waals surface area (Å²) in [6.45, 7) is 4.81. The average molecular weight is 536 g/mol. The van der Waals surface area contributed by atoms with E-state index in [4.69, 9.17) is 4.74 Å². The Morgan fingerprint density at radius 3 is 2.46 bits per heavy atom. The number of amides is 2. The molecule has 0 aliphatic carbocycles. The Labute approximate surface area is 231 Å². The number of nitrogens with zero attached hydrogens (tertiary/aromatic N) is 2. The first kappa shape index (κ1) is 27.6. The summed E-state index contributed by atoms with van der Waals surface area (Å²) in [6.07, 6.45) is 8.24. The first-order valence-electron chi connectivity index (χ1n) is 14.8. The van der Waals surface area contributed by atoms with E-state index in [1.54, 1.807) is 0 Å². The smallest absolute Gasteiger partial charge is 0.226 e. The van der Waals surface area contributed by atoms with Crippen molar-refractivity contribution in [3.63, 3.8) is 0 Å². The molecule has 0 saturated carbocycles. The van der Waals surface area contributed by atoms with Gasteiger partial charge in [0.2, 0.25) is 11.8 Å². The lowest BCUT2D eigenvalue weighted by molar-refractivity contribution is -0.144. The van der Waals surface area contributed by atoms with E-state index in [0.717, 1.165) is 88.7 Å². The van der Waals surface area contributed by atoms with E-state index in [0.29, 0.717) is 26.2 Å². The van der Waals surface area contributed by atoms with E-state index in [9.17, 15) is 14.0 Å². The number of nitrogens with one attached hydrogen (secondary N) is 1. The number of aryl methyl sites for hydroxylation is 1. The van der Waals surface area contributed by atoms with Crippen LogP contribution < -0.4 is 10.1 Å². The molecule has 0 radical (unpaired) electrons. The van der Waals surface area contributed by atoms with Crippen LogP contribution in [0.4, 0.5) is 4.39 Å². The highest BCUT2D eigenvalue weighted by Crippen LogP contribution is 2.38. The molecule has 210 valence electrons. The van der Waals surface area contributed by atoms with Gasteiger partial charge in [0, 0.05) is 25.6 Å². The summed E-state index contributed by atoms with van der Waals surface area (Å²) < 4.78 is 19.2. The fraction of sp³-hybridized carbons (Fsp3) is 0.562. The van der Waals surface area contributed by atoms with Crippen molar-refractivity contribution in [3.8, 4) is 5.75 Å². The summed E-state index contributed by atoms with van der Waals surface area (Å²) in [5.74, 6) is 1.14. The minimum Gasteiger partial charge on any atom is -0.491 e. The molecule has 2 saturated heterocycles. The molecule has 2 aromatic carbocycles. The molecule has 0 atom stereocenters. The lowest BCUT2D eigenvalue weighted by atomic mass is 9.73. The molecular weight excluding hydrogens is 493 g/mol. The van der Waals surface area contributed by atoms with Gasteiger partial charge in [0.1, 0.15) is 18.2 Å². The van der Waals surface area contributed by atoms with E-state index < -0.39 is 5.41 Å². The molecule has 2 fully saturated rings. The third kappa shape index (κ3) is 6.99. The van der Waals surface area contributed by atoms with Gasteiger partial charge in [-0.15, -0.1) is 0 Å². The van der Waals surface area contributed by atoms with Crippen LogP contribution in [-0.4, -0.2) is 60.9 Å². The summed E-state index contributed by atoms with van der Waals surface area (Å²) >= 11 is 0. The van der Waals surface area contributed by atoms with Crippen LogP contribution in [0.25, 0.3) is 0 Å². The maximum absolute atomic E-state index is 13.4. The Morgan fingerprint density at radius 2 is 1.69 bits per heavy atom. The van der Waals surface area contributed by atoms with Crippen LogP contribution in [0.2, 0.25) is 0 Å². The van der Waals surface area contributed by atoms with Gasteiger partial charge in [-0.25, -0.2) is 4.39 Å². The molecule has 0 aromatic heterocycles. The van der Waals surface area contributed by atoms with Gasteiger partial charge in [-0.05, 0) is 87.4 Å². The van der Waals surface area contributed by atoms with E-state index >= 15 is 0 Å². The second-order valence-electron chi connectivity index (χ2n) is 11.6. The number of hydrogen-bond donors (Lipinski definition) is 1. The van der Waals surface area contributed by atoms with Gasteiger partial charge in [-0.3, -0.25) is 14.5 Å². The van der Waals surface area contributed by atoms with Crippen LogP contribution in [0.5, 0.6) is 5.75 Å². The second kappa shape index (κ2) is 12.9. The highest BCUT2D eigenvalue weighted by molar-refractivity contribution is 5.84. The normalized spacial score (nSPS) is 21.6. The molecule has 2 amide bonds. The van der Waals surface area contributed by atoms with Crippen molar-refractivity contribution in [1.29, 1.82) is 0 Å². The average Bonchev–Trinajstić information content (AvgIpc) is 2.98. The van der Waals surface area contributed by atoms with Crippen LogP contribution in [-0.2, 0) is 22.6 Å². The van der Waals surface area contributed by atoms with Gasteiger partial charge in [0.05, 0.1) is 12.0 Å².